The zero-order chi connectivity index (χ0) is 15.0. The van der Waals surface area contributed by atoms with Gasteiger partial charge in [0.2, 0.25) is 0 Å². The van der Waals surface area contributed by atoms with Crippen molar-refractivity contribution in [2.24, 2.45) is 5.73 Å². The van der Waals surface area contributed by atoms with Crippen molar-refractivity contribution in [3.05, 3.63) is 29.8 Å². The molecule has 3 atom stereocenters. The summed E-state index contributed by atoms with van der Waals surface area (Å²) in [5.74, 6) is 0.232. The van der Waals surface area contributed by atoms with Crippen LogP contribution in [-0.2, 0) is 0 Å². The maximum Gasteiger partial charge on any atom is 0.387 e. The molecule has 2 fully saturated rings. The van der Waals surface area contributed by atoms with Gasteiger partial charge in [-0.25, -0.2) is 0 Å². The van der Waals surface area contributed by atoms with Gasteiger partial charge in [-0.3, -0.25) is 4.90 Å². The van der Waals surface area contributed by atoms with Gasteiger partial charge < -0.3 is 10.5 Å². The molecule has 2 N–H and O–H groups in total. The van der Waals surface area contributed by atoms with E-state index >= 15 is 0 Å². The van der Waals surface area contributed by atoms with Crippen LogP contribution in [0.3, 0.4) is 0 Å². The Balaban J connectivity index is 1.77. The Kier molecular flexibility index (Phi) is 4.13. The third-order valence-corrected chi connectivity index (χ3v) is 4.84. The highest BCUT2D eigenvalue weighted by Gasteiger charge is 2.42. The number of fused-ring (bicyclic) bond motifs is 2. The minimum Gasteiger partial charge on any atom is -0.435 e. The van der Waals surface area contributed by atoms with E-state index in [1.807, 2.05) is 6.07 Å². The number of nitrogens with zero attached hydrogens (tertiary/aromatic N) is 1. The quantitative estimate of drug-likeness (QED) is 0.926. The van der Waals surface area contributed by atoms with Gasteiger partial charge in [0, 0.05) is 24.2 Å². The molecule has 0 radical (unpaired) electrons. The van der Waals surface area contributed by atoms with Gasteiger partial charge in [0.15, 0.2) is 0 Å². The first-order valence-corrected chi connectivity index (χ1v) is 7.62. The van der Waals surface area contributed by atoms with E-state index in [1.165, 1.54) is 12.8 Å². The molecule has 2 heterocycles. The lowest BCUT2D eigenvalue weighted by Gasteiger charge is -2.41. The average Bonchev–Trinajstić information content (AvgIpc) is 2.69. The summed E-state index contributed by atoms with van der Waals surface area (Å²) in [7, 11) is 0. The first-order valence-electron chi connectivity index (χ1n) is 7.62. The van der Waals surface area contributed by atoms with Crippen molar-refractivity contribution in [1.29, 1.82) is 0 Å². The van der Waals surface area contributed by atoms with Crippen LogP contribution in [0.2, 0.25) is 0 Å². The molecule has 5 heteroatoms. The first kappa shape index (κ1) is 14.7. The zero-order valence-corrected chi connectivity index (χ0v) is 12.2. The van der Waals surface area contributed by atoms with Crippen LogP contribution in [0.15, 0.2) is 24.3 Å². The molecule has 2 aliphatic heterocycles. The number of piperidine rings is 1. The third kappa shape index (κ3) is 3.04. The summed E-state index contributed by atoms with van der Waals surface area (Å²) >= 11 is 0. The van der Waals surface area contributed by atoms with Crippen molar-refractivity contribution in [2.45, 2.75) is 63.4 Å². The summed E-state index contributed by atoms with van der Waals surface area (Å²) in [6.45, 7) is -0.636. The summed E-state index contributed by atoms with van der Waals surface area (Å²) in [4.78, 5) is 2.52. The van der Waals surface area contributed by atoms with Gasteiger partial charge >= 0.3 is 6.61 Å². The second-order valence-electron chi connectivity index (χ2n) is 6.19. The Bertz CT molecular complexity index is 483. The summed E-state index contributed by atoms with van der Waals surface area (Å²) in [6, 6.07) is 8.61. The van der Waals surface area contributed by atoms with Gasteiger partial charge in [-0.15, -0.1) is 0 Å². The van der Waals surface area contributed by atoms with Gasteiger partial charge in [0.05, 0.1) is 0 Å². The highest BCUT2D eigenvalue weighted by Crippen LogP contribution is 2.41. The fraction of sp³-hybridized carbons (Fsp3) is 0.625. The molecule has 0 aliphatic carbocycles. The van der Waals surface area contributed by atoms with Crippen molar-refractivity contribution >= 4 is 0 Å². The van der Waals surface area contributed by atoms with Crippen LogP contribution in [0.1, 0.15) is 44.2 Å². The summed E-state index contributed by atoms with van der Waals surface area (Å²) in [5, 5.41) is 0. The highest BCUT2D eigenvalue weighted by atomic mass is 19.3. The van der Waals surface area contributed by atoms with Crippen LogP contribution in [0.4, 0.5) is 8.78 Å². The summed E-state index contributed by atoms with van der Waals surface area (Å²) < 4.78 is 29.2. The van der Waals surface area contributed by atoms with Crippen molar-refractivity contribution in [1.82, 2.24) is 4.90 Å². The first-order chi connectivity index (χ1) is 10.0. The van der Waals surface area contributed by atoms with Crippen LogP contribution < -0.4 is 10.5 Å². The van der Waals surface area contributed by atoms with Gasteiger partial charge in [-0.2, -0.15) is 8.78 Å². The maximum absolute atomic E-state index is 12.3. The molecule has 3 rings (SSSR count). The van der Waals surface area contributed by atoms with E-state index in [1.54, 1.807) is 18.2 Å². The predicted octanol–water partition coefficient (Wildman–Crippen LogP) is 3.30. The number of benzene rings is 1. The number of ether oxygens (including phenoxy) is 1. The molecule has 0 aromatic heterocycles. The molecular formula is C16H22F2N2O. The minimum absolute atomic E-state index is 0.205. The van der Waals surface area contributed by atoms with Crippen LogP contribution in [-0.4, -0.2) is 29.6 Å². The van der Waals surface area contributed by atoms with Crippen LogP contribution in [0.5, 0.6) is 5.75 Å². The molecule has 1 aromatic rings. The van der Waals surface area contributed by atoms with E-state index in [-0.39, 0.29) is 11.8 Å². The van der Waals surface area contributed by atoms with Crippen LogP contribution in [0, 0.1) is 0 Å². The number of hydrogen-bond acceptors (Lipinski definition) is 3. The van der Waals surface area contributed by atoms with Crippen molar-refractivity contribution in [3.8, 4) is 5.75 Å². The Morgan fingerprint density at radius 3 is 2.52 bits per heavy atom. The molecule has 2 aliphatic rings. The lowest BCUT2D eigenvalue weighted by atomic mass is 9.94. The molecular weight excluding hydrogens is 274 g/mol. The maximum atomic E-state index is 12.3. The Morgan fingerprint density at radius 1 is 1.24 bits per heavy atom. The summed E-state index contributed by atoms with van der Waals surface area (Å²) in [5.41, 5.74) is 7.13. The number of rotatable bonds is 4. The molecule has 116 valence electrons. The third-order valence-electron chi connectivity index (χ3n) is 4.84. The fourth-order valence-corrected chi connectivity index (χ4v) is 4.01. The van der Waals surface area contributed by atoms with Gasteiger partial charge in [-0.05, 0) is 50.3 Å². The minimum atomic E-state index is -2.78. The summed E-state index contributed by atoms with van der Waals surface area (Å²) in [6.07, 6.45) is 4.45. The largest absolute Gasteiger partial charge is 0.435 e. The monoisotopic (exact) mass is 296 g/mol. The van der Waals surface area contributed by atoms with E-state index in [0.717, 1.165) is 18.4 Å². The Morgan fingerprint density at radius 2 is 1.90 bits per heavy atom. The standard InChI is InChI=1S/C16H22F2N2O/c1-10(11-3-2-4-15(7-11)21-16(17)18)20-13-5-6-14(20)9-12(19)8-13/h2-4,7,10,12-14,16H,5-6,8-9,19H2,1H3. The predicted molar refractivity (Wildman–Crippen MR) is 77.3 cm³/mol. The van der Waals surface area contributed by atoms with Crippen molar-refractivity contribution in [3.63, 3.8) is 0 Å². The van der Waals surface area contributed by atoms with Crippen molar-refractivity contribution < 1.29 is 13.5 Å². The zero-order valence-electron chi connectivity index (χ0n) is 12.2. The van der Waals surface area contributed by atoms with Gasteiger partial charge in [0.25, 0.3) is 0 Å². The smallest absolute Gasteiger partial charge is 0.387 e. The van der Waals surface area contributed by atoms with E-state index in [4.69, 9.17) is 5.73 Å². The fourth-order valence-electron chi connectivity index (χ4n) is 4.01. The number of halogens is 2. The van der Waals surface area contributed by atoms with Gasteiger partial charge in [0.1, 0.15) is 5.75 Å². The molecule has 3 unspecified atom stereocenters. The Labute approximate surface area is 124 Å². The molecule has 0 saturated carbocycles. The Hall–Kier alpha value is -1.20. The topological polar surface area (TPSA) is 38.5 Å². The molecule has 2 saturated heterocycles. The van der Waals surface area contributed by atoms with Crippen molar-refractivity contribution in [2.75, 3.05) is 0 Å². The van der Waals surface area contributed by atoms with Crippen LogP contribution in [0.25, 0.3) is 0 Å². The molecule has 2 bridgehead atoms. The molecule has 21 heavy (non-hydrogen) atoms. The van der Waals surface area contributed by atoms with E-state index in [0.29, 0.717) is 18.1 Å². The second kappa shape index (κ2) is 5.89. The highest BCUT2D eigenvalue weighted by molar-refractivity contribution is 5.31. The van der Waals surface area contributed by atoms with Crippen LogP contribution >= 0.6 is 0 Å². The lowest BCUT2D eigenvalue weighted by molar-refractivity contribution is -0.0499. The normalized spacial score (nSPS) is 30.6. The number of nitrogens with two attached hydrogens (primary N) is 1. The number of alkyl halides is 2. The number of hydrogen-bond donors (Lipinski definition) is 1. The van der Waals surface area contributed by atoms with E-state index in [9.17, 15) is 8.78 Å². The molecule has 0 spiro atoms. The molecule has 1 aromatic carbocycles. The van der Waals surface area contributed by atoms with E-state index < -0.39 is 6.61 Å². The van der Waals surface area contributed by atoms with E-state index in [2.05, 4.69) is 16.6 Å². The molecule has 3 nitrogen and oxygen atoms in total. The van der Waals surface area contributed by atoms with Gasteiger partial charge in [-0.1, -0.05) is 12.1 Å². The molecule has 0 amide bonds. The lowest BCUT2D eigenvalue weighted by Crippen LogP contribution is -2.48. The SMILES string of the molecule is CC(c1cccc(OC(F)F)c1)N1C2CCC1CC(N)C2. The average molecular weight is 296 g/mol. The second-order valence-corrected chi connectivity index (χ2v) is 6.19.